The summed E-state index contributed by atoms with van der Waals surface area (Å²) in [5.74, 6) is -0.00751. The third-order valence-electron chi connectivity index (χ3n) is 5.06. The van der Waals surface area contributed by atoms with E-state index in [9.17, 15) is 13.2 Å². The first-order valence-corrected chi connectivity index (χ1v) is 11.7. The lowest BCUT2D eigenvalue weighted by Crippen LogP contribution is -2.37. The van der Waals surface area contributed by atoms with Gasteiger partial charge >= 0.3 is 0 Å². The highest BCUT2D eigenvalue weighted by molar-refractivity contribution is 7.88. The van der Waals surface area contributed by atoms with Crippen LogP contribution in [0, 0.1) is 0 Å². The van der Waals surface area contributed by atoms with Crippen LogP contribution in [-0.2, 0) is 21.4 Å². The lowest BCUT2D eigenvalue weighted by Gasteiger charge is -2.24. The molecule has 0 bridgehead atoms. The summed E-state index contributed by atoms with van der Waals surface area (Å²) >= 11 is 0. The van der Waals surface area contributed by atoms with Crippen LogP contribution in [0.3, 0.4) is 0 Å². The second-order valence-corrected chi connectivity index (χ2v) is 9.15. The number of sulfonamides is 1. The van der Waals surface area contributed by atoms with Gasteiger partial charge in [-0.3, -0.25) is 4.79 Å². The zero-order valence-electron chi connectivity index (χ0n) is 16.6. The van der Waals surface area contributed by atoms with Crippen molar-refractivity contribution in [3.8, 4) is 0 Å². The van der Waals surface area contributed by atoms with Crippen LogP contribution in [0.5, 0.6) is 0 Å². The molecule has 1 amide bonds. The largest absolute Gasteiger partial charge is 0.339 e. The fourth-order valence-corrected chi connectivity index (χ4v) is 4.25. The predicted molar refractivity (Wildman–Crippen MR) is 110 cm³/mol. The summed E-state index contributed by atoms with van der Waals surface area (Å²) in [6, 6.07) is 9.86. The van der Waals surface area contributed by atoms with Gasteiger partial charge in [0.25, 0.3) is 0 Å². The van der Waals surface area contributed by atoms with E-state index < -0.39 is 10.0 Å². The van der Waals surface area contributed by atoms with Gasteiger partial charge in [-0.1, -0.05) is 42.0 Å². The van der Waals surface area contributed by atoms with Gasteiger partial charge in [0, 0.05) is 32.6 Å². The molecule has 0 spiro atoms. The summed E-state index contributed by atoms with van der Waals surface area (Å²) in [5, 5.41) is 0. The van der Waals surface area contributed by atoms with Gasteiger partial charge in [0.05, 0.1) is 6.26 Å². The number of carbonyl (C=O) groups is 1. The molecule has 0 fully saturated rings. The van der Waals surface area contributed by atoms with Crippen LogP contribution in [-0.4, -0.2) is 49.4 Å². The summed E-state index contributed by atoms with van der Waals surface area (Å²) in [6.45, 7) is 3.82. The number of carbonyl (C=O) groups excluding carboxylic acids is 1. The van der Waals surface area contributed by atoms with Crippen molar-refractivity contribution in [3.05, 3.63) is 47.5 Å². The van der Waals surface area contributed by atoms with Gasteiger partial charge in [-0.15, -0.1) is 0 Å². The van der Waals surface area contributed by atoms with E-state index in [2.05, 4.69) is 6.08 Å². The van der Waals surface area contributed by atoms with Crippen LogP contribution >= 0.6 is 0 Å². The number of allylic oxidation sites excluding steroid dienone is 1. The molecule has 0 saturated heterocycles. The molecule has 0 saturated carbocycles. The molecule has 0 N–H and O–H groups in total. The molecular weight excluding hydrogens is 360 g/mol. The first-order chi connectivity index (χ1) is 12.9. The summed E-state index contributed by atoms with van der Waals surface area (Å²) in [7, 11) is -3.32. The quantitative estimate of drug-likeness (QED) is 0.572. The molecule has 1 aliphatic carbocycles. The van der Waals surface area contributed by atoms with Crippen LogP contribution in [0.25, 0.3) is 0 Å². The minimum atomic E-state index is -3.32. The Bertz CT molecular complexity index is 729. The molecule has 0 radical (unpaired) electrons. The highest BCUT2D eigenvalue weighted by Gasteiger charge is 2.20. The maximum Gasteiger partial charge on any atom is 0.224 e. The molecule has 150 valence electrons. The minimum absolute atomic E-state index is 0.00751. The highest BCUT2D eigenvalue weighted by atomic mass is 32.2. The number of rotatable bonds is 10. The van der Waals surface area contributed by atoms with E-state index in [0.717, 1.165) is 24.8 Å². The molecule has 1 aromatic rings. The van der Waals surface area contributed by atoms with Crippen molar-refractivity contribution >= 4 is 15.9 Å². The number of amides is 1. The molecule has 1 aromatic carbocycles. The van der Waals surface area contributed by atoms with Crippen molar-refractivity contribution in [2.45, 2.75) is 52.0 Å². The molecular formula is C21H32N2O3S. The van der Waals surface area contributed by atoms with Gasteiger partial charge in [0.2, 0.25) is 15.9 Å². The second-order valence-electron chi connectivity index (χ2n) is 7.16. The molecule has 5 nitrogen and oxygen atoms in total. The predicted octanol–water partition coefficient (Wildman–Crippen LogP) is 3.58. The molecule has 6 heteroatoms. The van der Waals surface area contributed by atoms with E-state index in [1.165, 1.54) is 29.0 Å². The van der Waals surface area contributed by atoms with Crippen LogP contribution in [0.1, 0.15) is 51.0 Å². The summed E-state index contributed by atoms with van der Waals surface area (Å²) in [6.07, 6.45) is 9.03. The molecule has 0 unspecified atom stereocenters. The van der Waals surface area contributed by atoms with E-state index in [1.54, 1.807) is 4.90 Å². The topological polar surface area (TPSA) is 57.7 Å². The first-order valence-electron chi connectivity index (χ1n) is 9.85. The Balaban J connectivity index is 1.90. The van der Waals surface area contributed by atoms with Crippen LogP contribution < -0.4 is 0 Å². The minimum Gasteiger partial charge on any atom is -0.339 e. The van der Waals surface area contributed by atoms with Crippen molar-refractivity contribution < 1.29 is 13.2 Å². The lowest BCUT2D eigenvalue weighted by molar-refractivity contribution is -0.131. The summed E-state index contributed by atoms with van der Waals surface area (Å²) in [4.78, 5) is 14.4. The smallest absolute Gasteiger partial charge is 0.224 e. The SMILES string of the molecule is CCN(Cc1ccccc1)C(=O)CCN(CCC1=CCCCC1)S(C)(=O)=O. The molecule has 0 aromatic heterocycles. The van der Waals surface area contributed by atoms with E-state index in [-0.39, 0.29) is 18.9 Å². The fourth-order valence-electron chi connectivity index (χ4n) is 3.40. The van der Waals surface area contributed by atoms with Crippen LogP contribution in [0.2, 0.25) is 0 Å². The molecule has 27 heavy (non-hydrogen) atoms. The Labute approximate surface area is 164 Å². The maximum atomic E-state index is 12.6. The lowest BCUT2D eigenvalue weighted by atomic mass is 9.97. The van der Waals surface area contributed by atoms with E-state index >= 15 is 0 Å². The first kappa shape index (κ1) is 21.6. The molecule has 2 rings (SSSR count). The van der Waals surface area contributed by atoms with Crippen LogP contribution in [0.4, 0.5) is 0 Å². The zero-order valence-corrected chi connectivity index (χ0v) is 17.4. The summed E-state index contributed by atoms with van der Waals surface area (Å²) in [5.41, 5.74) is 2.43. The maximum absolute atomic E-state index is 12.6. The molecule has 0 atom stereocenters. The van der Waals surface area contributed by atoms with Gasteiger partial charge in [0.15, 0.2) is 0 Å². The van der Waals surface area contributed by atoms with Crippen molar-refractivity contribution in [2.75, 3.05) is 25.9 Å². The standard InChI is InChI=1S/C21H32N2O3S/c1-3-22(18-20-12-8-5-9-13-20)21(24)15-17-23(27(2,25)26)16-14-19-10-6-4-7-11-19/h5,8-10,12-13H,3-4,6-7,11,14-18H2,1-2H3. The second kappa shape index (κ2) is 10.6. The fraction of sp³-hybridized carbons (Fsp3) is 0.571. The van der Waals surface area contributed by atoms with E-state index in [0.29, 0.717) is 19.6 Å². The van der Waals surface area contributed by atoms with Crippen molar-refractivity contribution in [3.63, 3.8) is 0 Å². The Hall–Kier alpha value is -1.66. The van der Waals surface area contributed by atoms with E-state index in [4.69, 9.17) is 0 Å². The van der Waals surface area contributed by atoms with Gasteiger partial charge < -0.3 is 4.90 Å². The van der Waals surface area contributed by atoms with E-state index in [1.807, 2.05) is 37.3 Å². The Morgan fingerprint density at radius 3 is 2.44 bits per heavy atom. The number of hydrogen-bond acceptors (Lipinski definition) is 3. The number of nitrogens with zero attached hydrogens (tertiary/aromatic N) is 2. The number of hydrogen-bond donors (Lipinski definition) is 0. The summed E-state index contributed by atoms with van der Waals surface area (Å²) < 4.78 is 25.7. The van der Waals surface area contributed by atoms with Gasteiger partial charge in [0.1, 0.15) is 0 Å². The molecule has 1 aliphatic rings. The monoisotopic (exact) mass is 392 g/mol. The Kier molecular flexibility index (Phi) is 8.51. The third kappa shape index (κ3) is 7.46. The van der Waals surface area contributed by atoms with Crippen LogP contribution in [0.15, 0.2) is 42.0 Å². The van der Waals surface area contributed by atoms with Gasteiger partial charge in [-0.05, 0) is 44.6 Å². The van der Waals surface area contributed by atoms with Crippen molar-refractivity contribution in [1.82, 2.24) is 9.21 Å². The Morgan fingerprint density at radius 2 is 1.85 bits per heavy atom. The van der Waals surface area contributed by atoms with Crippen molar-refractivity contribution in [2.24, 2.45) is 0 Å². The molecule has 0 heterocycles. The Morgan fingerprint density at radius 1 is 1.11 bits per heavy atom. The normalized spacial score (nSPS) is 14.9. The zero-order chi connectivity index (χ0) is 19.7. The van der Waals surface area contributed by atoms with Gasteiger partial charge in [-0.25, -0.2) is 12.7 Å². The average molecular weight is 393 g/mol. The molecule has 0 aliphatic heterocycles. The number of benzene rings is 1. The van der Waals surface area contributed by atoms with Gasteiger partial charge in [-0.2, -0.15) is 0 Å². The van der Waals surface area contributed by atoms with Crippen molar-refractivity contribution in [1.29, 1.82) is 0 Å². The third-order valence-corrected chi connectivity index (χ3v) is 6.37. The average Bonchev–Trinajstić information content (AvgIpc) is 2.66. The highest BCUT2D eigenvalue weighted by Crippen LogP contribution is 2.21.